The molecular formula is C11H16N2O4S. The van der Waals surface area contributed by atoms with E-state index in [-0.39, 0.29) is 6.04 Å². The Hall–Kier alpha value is -1.44. The van der Waals surface area contributed by atoms with Crippen molar-refractivity contribution in [3.63, 3.8) is 0 Å². The van der Waals surface area contributed by atoms with E-state index in [1.54, 1.807) is 44.2 Å². The first-order chi connectivity index (χ1) is 8.32. The normalized spacial score (nSPS) is 13.5. The minimum absolute atomic E-state index is 0.312. The average molecular weight is 272 g/mol. The molecule has 0 aliphatic heterocycles. The molecule has 0 radical (unpaired) electrons. The Morgan fingerprint density at radius 1 is 1.17 bits per heavy atom. The van der Waals surface area contributed by atoms with E-state index in [4.69, 9.17) is 5.11 Å². The second-order valence-corrected chi connectivity index (χ2v) is 5.55. The summed E-state index contributed by atoms with van der Waals surface area (Å²) < 4.78 is 27.7. The van der Waals surface area contributed by atoms with Crippen molar-refractivity contribution in [3.05, 3.63) is 35.9 Å². The maximum absolute atomic E-state index is 11.6. The van der Waals surface area contributed by atoms with Crippen molar-refractivity contribution in [2.24, 2.45) is 0 Å². The zero-order chi connectivity index (χ0) is 13.8. The first-order valence-electron chi connectivity index (χ1n) is 5.39. The standard InChI is InChI=1S/C11H16N2O4S/c1-8(2)12-18(16,17)13-10(11(14)15)9-6-4-3-5-7-9/h3-8,10,12-13H,1-2H3,(H,14,15)/t10-/m1/s1. The number of carboxylic acids is 1. The summed E-state index contributed by atoms with van der Waals surface area (Å²) in [5.74, 6) is -1.25. The number of hydrogen-bond donors (Lipinski definition) is 3. The van der Waals surface area contributed by atoms with Crippen molar-refractivity contribution in [2.45, 2.75) is 25.9 Å². The number of carboxylic acid groups (broad SMARTS) is 1. The van der Waals surface area contributed by atoms with Gasteiger partial charge in [0.25, 0.3) is 10.2 Å². The van der Waals surface area contributed by atoms with E-state index in [1.807, 2.05) is 0 Å². The second kappa shape index (κ2) is 5.94. The zero-order valence-corrected chi connectivity index (χ0v) is 10.9. The van der Waals surface area contributed by atoms with E-state index in [0.29, 0.717) is 5.56 Å². The molecule has 1 atom stereocenters. The van der Waals surface area contributed by atoms with Crippen molar-refractivity contribution in [3.8, 4) is 0 Å². The highest BCUT2D eigenvalue weighted by Crippen LogP contribution is 2.13. The van der Waals surface area contributed by atoms with Gasteiger partial charge in [0.1, 0.15) is 6.04 Å². The average Bonchev–Trinajstić information content (AvgIpc) is 2.25. The fourth-order valence-corrected chi connectivity index (χ4v) is 2.64. The van der Waals surface area contributed by atoms with Gasteiger partial charge in [-0.2, -0.15) is 17.9 Å². The van der Waals surface area contributed by atoms with Crippen LogP contribution < -0.4 is 9.44 Å². The SMILES string of the molecule is CC(C)NS(=O)(=O)N[C@@H](C(=O)O)c1ccccc1. The van der Waals surface area contributed by atoms with Crippen LogP contribution in [0.4, 0.5) is 0 Å². The van der Waals surface area contributed by atoms with Gasteiger partial charge in [0.15, 0.2) is 0 Å². The van der Waals surface area contributed by atoms with Crippen LogP contribution in [-0.2, 0) is 15.0 Å². The highest BCUT2D eigenvalue weighted by Gasteiger charge is 2.25. The van der Waals surface area contributed by atoms with Crippen LogP contribution in [0.2, 0.25) is 0 Å². The van der Waals surface area contributed by atoms with Crippen LogP contribution in [0.25, 0.3) is 0 Å². The Balaban J connectivity index is 2.93. The summed E-state index contributed by atoms with van der Waals surface area (Å²) >= 11 is 0. The summed E-state index contributed by atoms with van der Waals surface area (Å²) in [6.45, 7) is 3.30. The Bertz CT molecular complexity index is 499. The van der Waals surface area contributed by atoms with Crippen LogP contribution >= 0.6 is 0 Å². The number of aliphatic carboxylic acids is 1. The quantitative estimate of drug-likeness (QED) is 0.708. The lowest BCUT2D eigenvalue weighted by Crippen LogP contribution is -2.44. The zero-order valence-electron chi connectivity index (χ0n) is 10.1. The van der Waals surface area contributed by atoms with Crippen molar-refractivity contribution in [1.82, 2.24) is 9.44 Å². The number of rotatable bonds is 6. The van der Waals surface area contributed by atoms with Gasteiger partial charge in [-0.1, -0.05) is 30.3 Å². The molecule has 7 heteroatoms. The van der Waals surface area contributed by atoms with Crippen LogP contribution in [0, 0.1) is 0 Å². The van der Waals surface area contributed by atoms with Crippen LogP contribution in [0.1, 0.15) is 25.5 Å². The molecule has 18 heavy (non-hydrogen) atoms. The molecule has 3 N–H and O–H groups in total. The van der Waals surface area contributed by atoms with Crippen molar-refractivity contribution >= 4 is 16.2 Å². The van der Waals surface area contributed by atoms with Crippen LogP contribution in [-0.4, -0.2) is 25.5 Å². The summed E-state index contributed by atoms with van der Waals surface area (Å²) in [6.07, 6.45) is 0. The number of benzene rings is 1. The Kier molecular flexibility index (Phi) is 4.83. The predicted octanol–water partition coefficient (Wildman–Crippen LogP) is 0.645. The van der Waals surface area contributed by atoms with E-state index < -0.39 is 22.2 Å². The molecule has 1 aromatic carbocycles. The van der Waals surface area contributed by atoms with Crippen LogP contribution in [0.15, 0.2) is 30.3 Å². The van der Waals surface area contributed by atoms with Gasteiger partial charge in [-0.25, -0.2) is 0 Å². The van der Waals surface area contributed by atoms with Crippen molar-refractivity contribution < 1.29 is 18.3 Å². The molecule has 0 aliphatic rings. The summed E-state index contributed by atoms with van der Waals surface area (Å²) in [7, 11) is -3.85. The first kappa shape index (κ1) is 14.6. The van der Waals surface area contributed by atoms with E-state index in [1.165, 1.54) is 0 Å². The highest BCUT2D eigenvalue weighted by atomic mass is 32.2. The van der Waals surface area contributed by atoms with Crippen molar-refractivity contribution in [1.29, 1.82) is 0 Å². The molecule has 0 fully saturated rings. The van der Waals surface area contributed by atoms with Gasteiger partial charge in [0.05, 0.1) is 0 Å². The Labute approximate surface area is 106 Å². The molecule has 0 spiro atoms. The van der Waals surface area contributed by atoms with Gasteiger partial charge in [0, 0.05) is 6.04 Å². The van der Waals surface area contributed by atoms with Gasteiger partial charge in [0.2, 0.25) is 0 Å². The number of hydrogen-bond acceptors (Lipinski definition) is 3. The molecule has 6 nitrogen and oxygen atoms in total. The van der Waals surface area contributed by atoms with E-state index in [0.717, 1.165) is 0 Å². The van der Waals surface area contributed by atoms with Gasteiger partial charge in [-0.15, -0.1) is 0 Å². The smallest absolute Gasteiger partial charge is 0.326 e. The monoisotopic (exact) mass is 272 g/mol. The largest absolute Gasteiger partial charge is 0.480 e. The number of carbonyl (C=O) groups is 1. The van der Waals surface area contributed by atoms with E-state index in [9.17, 15) is 13.2 Å². The fourth-order valence-electron chi connectivity index (χ4n) is 1.41. The molecule has 0 saturated carbocycles. The third-order valence-electron chi connectivity index (χ3n) is 2.04. The predicted molar refractivity (Wildman–Crippen MR) is 67.1 cm³/mol. The first-order valence-corrected chi connectivity index (χ1v) is 6.87. The minimum atomic E-state index is -3.85. The van der Waals surface area contributed by atoms with Crippen LogP contribution in [0.5, 0.6) is 0 Å². The summed E-state index contributed by atoms with van der Waals surface area (Å²) in [5, 5.41) is 9.07. The topological polar surface area (TPSA) is 95.5 Å². The fraction of sp³-hybridized carbons (Fsp3) is 0.364. The van der Waals surface area contributed by atoms with Gasteiger partial charge >= 0.3 is 5.97 Å². The molecule has 0 amide bonds. The molecule has 0 aromatic heterocycles. The van der Waals surface area contributed by atoms with Crippen LogP contribution in [0.3, 0.4) is 0 Å². The molecule has 0 saturated heterocycles. The third kappa shape index (κ3) is 4.44. The molecule has 0 aliphatic carbocycles. The summed E-state index contributed by atoms with van der Waals surface area (Å²) in [5.41, 5.74) is 0.374. The molecule has 0 bridgehead atoms. The summed E-state index contributed by atoms with van der Waals surface area (Å²) in [6, 6.07) is 6.51. The lowest BCUT2D eigenvalue weighted by atomic mass is 10.1. The van der Waals surface area contributed by atoms with Gasteiger partial charge in [-0.05, 0) is 19.4 Å². The molecule has 0 unspecified atom stereocenters. The molecule has 100 valence electrons. The number of nitrogens with one attached hydrogen (secondary N) is 2. The maximum Gasteiger partial charge on any atom is 0.326 e. The lowest BCUT2D eigenvalue weighted by Gasteiger charge is -2.16. The molecule has 1 aromatic rings. The summed E-state index contributed by atoms with van der Waals surface area (Å²) in [4.78, 5) is 11.1. The molecular weight excluding hydrogens is 256 g/mol. The molecule has 1 rings (SSSR count). The minimum Gasteiger partial charge on any atom is -0.480 e. The molecule has 0 heterocycles. The van der Waals surface area contributed by atoms with E-state index >= 15 is 0 Å². The highest BCUT2D eigenvalue weighted by molar-refractivity contribution is 7.87. The Morgan fingerprint density at radius 2 is 1.72 bits per heavy atom. The van der Waals surface area contributed by atoms with Gasteiger partial charge < -0.3 is 5.11 Å². The third-order valence-corrected chi connectivity index (χ3v) is 3.37. The maximum atomic E-state index is 11.6. The lowest BCUT2D eigenvalue weighted by molar-refractivity contribution is -0.139. The van der Waals surface area contributed by atoms with Crippen molar-refractivity contribution in [2.75, 3.05) is 0 Å². The van der Waals surface area contributed by atoms with Gasteiger partial charge in [-0.3, -0.25) is 4.79 Å². The van der Waals surface area contributed by atoms with E-state index in [2.05, 4.69) is 9.44 Å². The second-order valence-electron chi connectivity index (χ2n) is 4.08. The Morgan fingerprint density at radius 3 is 2.17 bits per heavy atom.